The van der Waals surface area contributed by atoms with Gasteiger partial charge in [0.2, 0.25) is 12.3 Å². The number of ketones is 1. The van der Waals surface area contributed by atoms with Crippen molar-refractivity contribution in [3.8, 4) is 0 Å². The molecule has 6 rings (SSSR count). The molecule has 0 amide bonds. The van der Waals surface area contributed by atoms with E-state index in [-0.39, 0.29) is 5.78 Å². The lowest BCUT2D eigenvalue weighted by Crippen LogP contribution is -2.75. The monoisotopic (exact) mass is 1090 g/mol. The SMILES string of the molecule is CCc1cc[n+](CC(=O)c2ccccc2)cc1.FC(F)(F)c1cc([B-](c2cc(C(F)(F)F)cc(C(F)(F)F)c2)(c2cc(C(F)(F)F)cc(C(F)(F)F)c2)c2cc(C(F)(F)F)cc(C(F)(F)F)c2)cc(C(F)(F)F)c1. The molecule has 398 valence electrons. The van der Waals surface area contributed by atoms with E-state index in [1.807, 2.05) is 47.3 Å². The molecule has 0 radical (unpaired) electrons. The molecule has 0 aliphatic carbocycles. The van der Waals surface area contributed by atoms with Gasteiger partial charge in [0.1, 0.15) is 6.15 Å². The molecule has 0 saturated heterocycles. The van der Waals surface area contributed by atoms with E-state index in [0.717, 1.165) is 12.0 Å². The van der Waals surface area contributed by atoms with Crippen LogP contribution in [-0.4, -0.2) is 11.9 Å². The molecule has 0 saturated carbocycles. The van der Waals surface area contributed by atoms with Crippen molar-refractivity contribution in [1.29, 1.82) is 0 Å². The number of pyridine rings is 1. The quantitative estimate of drug-likeness (QED) is 0.0644. The Morgan fingerprint density at radius 2 is 0.595 bits per heavy atom. The van der Waals surface area contributed by atoms with Gasteiger partial charge < -0.3 is 0 Å². The molecule has 27 heteroatoms. The van der Waals surface area contributed by atoms with E-state index in [9.17, 15) is 110 Å². The summed E-state index contributed by atoms with van der Waals surface area (Å²) in [6.45, 7) is 2.52. The Kier molecular flexibility index (Phi) is 15.9. The normalized spacial score (nSPS) is 13.4. The van der Waals surface area contributed by atoms with Crippen LogP contribution in [0.3, 0.4) is 0 Å². The molecule has 2 nitrogen and oxygen atoms in total. The highest BCUT2D eigenvalue weighted by atomic mass is 19.4. The molecule has 6 aromatic rings. The Morgan fingerprint density at radius 3 is 0.797 bits per heavy atom. The molecule has 0 aliphatic rings. The van der Waals surface area contributed by atoms with Gasteiger partial charge in [-0.2, -0.15) is 132 Å². The van der Waals surface area contributed by atoms with Crippen LogP contribution in [0.2, 0.25) is 0 Å². The van der Waals surface area contributed by atoms with Crippen LogP contribution < -0.4 is 26.4 Å². The summed E-state index contributed by atoms with van der Waals surface area (Å²) in [6, 6.07) is 4.69. The topological polar surface area (TPSA) is 20.9 Å². The number of Topliss-reactive ketones (excluding diaryl/α,β-unsaturated/α-hetero) is 1. The first kappa shape index (κ1) is 58.2. The van der Waals surface area contributed by atoms with Gasteiger partial charge in [-0.25, -0.2) is 0 Å². The average molecular weight is 1090 g/mol. The largest absolute Gasteiger partial charge is 0.416 e. The van der Waals surface area contributed by atoms with Crippen LogP contribution in [0.25, 0.3) is 0 Å². The fourth-order valence-corrected chi connectivity index (χ4v) is 7.78. The van der Waals surface area contributed by atoms with Crippen molar-refractivity contribution in [2.75, 3.05) is 0 Å². The van der Waals surface area contributed by atoms with E-state index >= 15 is 0 Å². The van der Waals surface area contributed by atoms with Gasteiger partial charge in [0.25, 0.3) is 0 Å². The number of carbonyl (C=O) groups excluding carboxylic acids is 1. The Hall–Kier alpha value is -6.70. The highest BCUT2D eigenvalue weighted by Gasteiger charge is 2.47. The summed E-state index contributed by atoms with van der Waals surface area (Å²) in [5.74, 6) is 0.139. The Bertz CT molecular complexity index is 2520. The summed E-state index contributed by atoms with van der Waals surface area (Å²) in [5.41, 5.74) is -28.2. The third kappa shape index (κ3) is 13.5. The van der Waals surface area contributed by atoms with E-state index in [1.165, 1.54) is 5.56 Å². The van der Waals surface area contributed by atoms with Crippen molar-refractivity contribution >= 4 is 33.8 Å². The Balaban J connectivity index is 0.000000500. The maximum Gasteiger partial charge on any atom is 0.416 e. The number of halogens is 24. The molecule has 0 spiro atoms. The lowest BCUT2D eigenvalue weighted by Gasteiger charge is -2.46. The number of carbonyl (C=O) groups is 1. The van der Waals surface area contributed by atoms with Crippen molar-refractivity contribution in [2.45, 2.75) is 69.3 Å². The lowest BCUT2D eigenvalue weighted by atomic mass is 9.12. The van der Waals surface area contributed by atoms with Crippen LogP contribution in [0.4, 0.5) is 105 Å². The molecular weight excluding hydrogens is 1060 g/mol. The number of aryl methyl sites for hydroxylation is 1. The highest BCUT2D eigenvalue weighted by molar-refractivity contribution is 7.20. The van der Waals surface area contributed by atoms with Crippen LogP contribution >= 0.6 is 0 Å². The molecule has 0 atom stereocenters. The van der Waals surface area contributed by atoms with E-state index in [4.69, 9.17) is 0 Å². The van der Waals surface area contributed by atoms with Gasteiger partial charge in [-0.05, 0) is 36.2 Å². The van der Waals surface area contributed by atoms with E-state index in [1.54, 1.807) is 0 Å². The lowest BCUT2D eigenvalue weighted by molar-refractivity contribution is -0.683. The van der Waals surface area contributed by atoms with Gasteiger partial charge in [0.15, 0.2) is 12.4 Å². The zero-order valence-electron chi connectivity index (χ0n) is 36.5. The Labute approximate surface area is 400 Å². The van der Waals surface area contributed by atoms with Gasteiger partial charge in [0.05, 0.1) is 44.5 Å². The van der Waals surface area contributed by atoms with Crippen molar-refractivity contribution in [3.05, 3.63) is 183 Å². The van der Waals surface area contributed by atoms with Crippen molar-refractivity contribution in [2.24, 2.45) is 0 Å². The first-order valence-corrected chi connectivity index (χ1v) is 20.5. The van der Waals surface area contributed by atoms with Crippen molar-refractivity contribution in [3.63, 3.8) is 0 Å². The molecular formula is C47H28BF24NO. The van der Waals surface area contributed by atoms with Crippen LogP contribution in [-0.2, 0) is 62.4 Å². The summed E-state index contributed by atoms with van der Waals surface area (Å²) >= 11 is 0. The Morgan fingerprint density at radius 1 is 0.365 bits per heavy atom. The molecule has 0 aliphatic heterocycles. The van der Waals surface area contributed by atoms with Crippen molar-refractivity contribution in [1.82, 2.24) is 0 Å². The molecule has 0 fully saturated rings. The maximum absolute atomic E-state index is 14.2. The minimum absolute atomic E-state index is 0.139. The summed E-state index contributed by atoms with van der Waals surface area (Å²) in [7, 11) is 0. The number of alkyl halides is 24. The fourth-order valence-electron chi connectivity index (χ4n) is 7.78. The number of rotatable bonds is 8. The zero-order chi connectivity index (χ0) is 56.0. The molecule has 1 aromatic heterocycles. The van der Waals surface area contributed by atoms with Crippen LogP contribution in [0.5, 0.6) is 0 Å². The third-order valence-corrected chi connectivity index (χ3v) is 11.2. The average Bonchev–Trinajstić information content (AvgIpc) is 3.27. The minimum Gasteiger partial charge on any atom is -0.287 e. The summed E-state index contributed by atoms with van der Waals surface area (Å²) < 4.78 is 343. The first-order chi connectivity index (χ1) is 33.6. The van der Waals surface area contributed by atoms with Gasteiger partial charge in [-0.1, -0.05) is 85.8 Å². The molecule has 0 N–H and O–H groups in total. The molecule has 74 heavy (non-hydrogen) atoms. The highest BCUT2D eigenvalue weighted by Crippen LogP contribution is 2.41. The second-order valence-corrected chi connectivity index (χ2v) is 16.2. The smallest absolute Gasteiger partial charge is 0.287 e. The minimum atomic E-state index is -6.13. The standard InChI is InChI=1S/C32H12BF24.C15H16NO/c34-25(35,36)13-1-14(26(37,38)39)6-21(5-13)33(22-7-15(27(40,41)42)2-16(8-22)28(43,44)45,23-9-17(29(46,47)48)3-18(10-23)30(49,50)51)24-11-19(31(52,53)54)4-20(12-24)32(55,56)57;1-2-13-8-10-16(11-9-13)12-15(17)14-6-4-3-5-7-14/h1-12H;3-11H,2,12H2,1H3/q-1;+1. The number of benzene rings is 5. The molecule has 0 bridgehead atoms. The number of hydrogen-bond acceptors (Lipinski definition) is 1. The third-order valence-electron chi connectivity index (χ3n) is 11.2. The number of aromatic nitrogens is 1. The second kappa shape index (κ2) is 20.2. The van der Waals surface area contributed by atoms with Crippen LogP contribution in [0.15, 0.2) is 128 Å². The maximum atomic E-state index is 14.2. The number of nitrogens with zero attached hydrogens (tertiary/aromatic N) is 1. The van der Waals surface area contributed by atoms with E-state index < -0.39 is 195 Å². The fraction of sp³-hybridized carbons (Fsp3) is 0.234. The molecule has 5 aromatic carbocycles. The van der Waals surface area contributed by atoms with Gasteiger partial charge in [-0.3, -0.25) is 4.79 Å². The zero-order valence-corrected chi connectivity index (χ0v) is 36.5. The van der Waals surface area contributed by atoms with Gasteiger partial charge in [0, 0.05) is 17.7 Å². The molecule has 0 unspecified atom stereocenters. The first-order valence-electron chi connectivity index (χ1n) is 20.5. The van der Waals surface area contributed by atoms with Gasteiger partial charge in [-0.15, -0.1) is 0 Å². The van der Waals surface area contributed by atoms with Crippen LogP contribution in [0, 0.1) is 0 Å². The van der Waals surface area contributed by atoms with E-state index in [0.29, 0.717) is 6.54 Å². The van der Waals surface area contributed by atoms with E-state index in [2.05, 4.69) is 19.1 Å². The predicted molar refractivity (Wildman–Crippen MR) is 217 cm³/mol. The van der Waals surface area contributed by atoms with Crippen LogP contribution in [0.1, 0.15) is 67.4 Å². The summed E-state index contributed by atoms with van der Waals surface area (Å²) in [4.78, 5) is 11.9. The predicted octanol–water partition coefficient (Wildman–Crippen LogP) is 13.6. The summed E-state index contributed by atoms with van der Waals surface area (Å²) in [5, 5.41) is 0. The molecule has 1 heterocycles. The second-order valence-electron chi connectivity index (χ2n) is 16.2. The number of hydrogen-bond donors (Lipinski definition) is 0. The van der Waals surface area contributed by atoms with Crippen molar-refractivity contribution < 1.29 is 115 Å². The summed E-state index contributed by atoms with van der Waals surface area (Å²) in [6.07, 6.45) is -49.9. The van der Waals surface area contributed by atoms with Gasteiger partial charge >= 0.3 is 49.4 Å².